The number of hydrogen-bond acceptors (Lipinski definition) is 5. The predicted octanol–water partition coefficient (Wildman–Crippen LogP) is 3.11. The smallest absolute Gasteiger partial charge is 0.306 e. The molecule has 0 atom stereocenters. The Hall–Kier alpha value is -3.10. The second-order valence-electron chi connectivity index (χ2n) is 6.05. The summed E-state index contributed by atoms with van der Waals surface area (Å²) in [6.45, 7) is -0.499. The summed E-state index contributed by atoms with van der Waals surface area (Å²) in [6.07, 6.45) is 0.118. The van der Waals surface area contributed by atoms with Gasteiger partial charge >= 0.3 is 5.97 Å². The zero-order valence-electron chi connectivity index (χ0n) is 15.7. The lowest BCUT2D eigenvalue weighted by Crippen LogP contribution is -2.41. The molecule has 0 radical (unpaired) electrons. The third kappa shape index (κ3) is 8.10. The molecule has 0 aliphatic heterocycles. The van der Waals surface area contributed by atoms with Crippen LogP contribution in [0.4, 0.5) is 5.69 Å². The van der Waals surface area contributed by atoms with Gasteiger partial charge in [-0.3, -0.25) is 30.0 Å². The van der Waals surface area contributed by atoms with Crippen LogP contribution in [0.2, 0.25) is 10.0 Å². The monoisotopic (exact) mass is 451 g/mol. The second kappa shape index (κ2) is 11.8. The van der Waals surface area contributed by atoms with Gasteiger partial charge in [-0.2, -0.15) is 0 Å². The van der Waals surface area contributed by atoms with Crippen molar-refractivity contribution in [2.24, 2.45) is 0 Å². The van der Waals surface area contributed by atoms with E-state index in [0.717, 1.165) is 0 Å². The number of esters is 1. The van der Waals surface area contributed by atoms with Gasteiger partial charge in [0.15, 0.2) is 6.61 Å². The molecule has 0 aliphatic carbocycles. The van der Waals surface area contributed by atoms with E-state index in [1.165, 1.54) is 12.1 Å². The molecular weight excluding hydrogens is 433 g/mol. The third-order valence-corrected chi connectivity index (χ3v) is 4.27. The molecule has 3 N–H and O–H groups in total. The summed E-state index contributed by atoms with van der Waals surface area (Å²) in [6, 6.07) is 12.9. The minimum atomic E-state index is -0.636. The summed E-state index contributed by atoms with van der Waals surface area (Å²) in [7, 11) is 0. The van der Waals surface area contributed by atoms with Gasteiger partial charge < -0.3 is 10.1 Å². The van der Waals surface area contributed by atoms with Crippen molar-refractivity contribution in [3.05, 3.63) is 64.1 Å². The number of nitrogens with one attached hydrogen (secondary N) is 3. The number of amides is 3. The van der Waals surface area contributed by atoms with Crippen LogP contribution in [-0.2, 0) is 19.1 Å². The van der Waals surface area contributed by atoms with Crippen molar-refractivity contribution >= 4 is 52.6 Å². The number of hydrazine groups is 1. The largest absolute Gasteiger partial charge is 0.456 e. The molecular formula is C20H19Cl2N3O5. The first kappa shape index (κ1) is 23.2. The molecule has 0 aliphatic rings. The molecule has 0 saturated carbocycles. The summed E-state index contributed by atoms with van der Waals surface area (Å²) >= 11 is 11.8. The molecule has 0 saturated heterocycles. The molecule has 2 aromatic rings. The van der Waals surface area contributed by atoms with Crippen LogP contribution in [0.15, 0.2) is 48.5 Å². The van der Waals surface area contributed by atoms with Gasteiger partial charge in [0.2, 0.25) is 5.91 Å². The molecule has 0 heterocycles. The Kier molecular flexibility index (Phi) is 9.11. The Labute approximate surface area is 182 Å². The van der Waals surface area contributed by atoms with Crippen LogP contribution >= 0.6 is 23.2 Å². The zero-order chi connectivity index (χ0) is 21.9. The summed E-state index contributed by atoms with van der Waals surface area (Å²) < 4.78 is 4.86. The highest BCUT2D eigenvalue weighted by molar-refractivity contribution is 6.35. The maximum absolute atomic E-state index is 11.8. The maximum Gasteiger partial charge on any atom is 0.306 e. The van der Waals surface area contributed by atoms with Crippen molar-refractivity contribution in [3.63, 3.8) is 0 Å². The third-order valence-electron chi connectivity index (χ3n) is 3.70. The highest BCUT2D eigenvalue weighted by Gasteiger charge is 2.12. The van der Waals surface area contributed by atoms with E-state index < -0.39 is 30.3 Å². The Morgan fingerprint density at radius 1 is 0.867 bits per heavy atom. The topological polar surface area (TPSA) is 114 Å². The lowest BCUT2D eigenvalue weighted by molar-refractivity contribution is -0.147. The molecule has 8 nitrogen and oxygen atoms in total. The Morgan fingerprint density at radius 3 is 2.33 bits per heavy atom. The van der Waals surface area contributed by atoms with Gasteiger partial charge in [0.1, 0.15) is 0 Å². The van der Waals surface area contributed by atoms with Crippen LogP contribution in [0, 0.1) is 0 Å². The van der Waals surface area contributed by atoms with Gasteiger partial charge in [-0.05, 0) is 36.8 Å². The molecule has 158 valence electrons. The normalized spacial score (nSPS) is 10.1. The number of rotatable bonds is 8. The van der Waals surface area contributed by atoms with E-state index >= 15 is 0 Å². The van der Waals surface area contributed by atoms with E-state index in [2.05, 4.69) is 16.2 Å². The minimum absolute atomic E-state index is 0.00547. The van der Waals surface area contributed by atoms with Crippen LogP contribution in [-0.4, -0.2) is 30.3 Å². The first-order chi connectivity index (χ1) is 14.3. The van der Waals surface area contributed by atoms with Crippen molar-refractivity contribution in [2.45, 2.75) is 19.3 Å². The Morgan fingerprint density at radius 2 is 1.60 bits per heavy atom. The summed E-state index contributed by atoms with van der Waals surface area (Å²) in [5.74, 6) is -2.12. The van der Waals surface area contributed by atoms with Gasteiger partial charge in [-0.15, -0.1) is 0 Å². The van der Waals surface area contributed by atoms with E-state index in [9.17, 15) is 19.2 Å². The minimum Gasteiger partial charge on any atom is -0.456 e. The van der Waals surface area contributed by atoms with Crippen LogP contribution in [0.5, 0.6) is 0 Å². The fraction of sp³-hybridized carbons (Fsp3) is 0.200. The summed E-state index contributed by atoms with van der Waals surface area (Å²) in [4.78, 5) is 47.1. The fourth-order valence-electron chi connectivity index (χ4n) is 2.24. The summed E-state index contributed by atoms with van der Waals surface area (Å²) in [5.41, 5.74) is 5.25. The van der Waals surface area contributed by atoms with Gasteiger partial charge in [0, 0.05) is 23.4 Å². The van der Waals surface area contributed by atoms with Gasteiger partial charge in [0.05, 0.1) is 10.7 Å². The van der Waals surface area contributed by atoms with E-state index in [1.807, 2.05) is 0 Å². The maximum atomic E-state index is 11.8. The van der Waals surface area contributed by atoms with E-state index in [-0.39, 0.29) is 19.3 Å². The van der Waals surface area contributed by atoms with Crippen LogP contribution in [0.25, 0.3) is 0 Å². The van der Waals surface area contributed by atoms with Gasteiger partial charge in [-0.1, -0.05) is 41.4 Å². The fourth-order valence-corrected chi connectivity index (χ4v) is 2.58. The number of halogens is 2. The molecule has 10 heteroatoms. The lowest BCUT2D eigenvalue weighted by atomic mass is 10.2. The Bertz CT molecular complexity index is 922. The molecule has 0 spiro atoms. The van der Waals surface area contributed by atoms with Crippen molar-refractivity contribution in [3.8, 4) is 0 Å². The standard InChI is InChI=1S/C20H19Cl2N3O5/c21-14-9-10-15(22)16(11-14)23-18(27)12-30-19(28)8-4-7-17(26)24-25-20(29)13-5-2-1-3-6-13/h1-3,5-6,9-11H,4,7-8,12H2,(H,23,27)(H,24,26)(H,25,29). The SMILES string of the molecule is O=C(CCCC(=O)OCC(=O)Nc1cc(Cl)ccc1Cl)NNC(=O)c1ccccc1. The van der Waals surface area contributed by atoms with E-state index in [1.54, 1.807) is 36.4 Å². The average molecular weight is 452 g/mol. The number of benzene rings is 2. The number of carbonyl (C=O) groups is 4. The highest BCUT2D eigenvalue weighted by atomic mass is 35.5. The van der Waals surface area contributed by atoms with Gasteiger partial charge in [0.25, 0.3) is 11.8 Å². The highest BCUT2D eigenvalue weighted by Crippen LogP contribution is 2.25. The van der Waals surface area contributed by atoms with Crippen LogP contribution < -0.4 is 16.2 Å². The number of anilines is 1. The van der Waals surface area contributed by atoms with Crippen molar-refractivity contribution < 1.29 is 23.9 Å². The molecule has 0 bridgehead atoms. The summed E-state index contributed by atoms with van der Waals surface area (Å²) in [5, 5.41) is 3.17. The van der Waals surface area contributed by atoms with Crippen molar-refractivity contribution in [1.29, 1.82) is 0 Å². The lowest BCUT2D eigenvalue weighted by Gasteiger charge is -2.09. The number of carbonyl (C=O) groups excluding carboxylic acids is 4. The molecule has 0 unspecified atom stereocenters. The van der Waals surface area contributed by atoms with Gasteiger partial charge in [-0.25, -0.2) is 0 Å². The average Bonchev–Trinajstić information content (AvgIpc) is 2.73. The van der Waals surface area contributed by atoms with Crippen LogP contribution in [0.3, 0.4) is 0 Å². The number of ether oxygens (including phenoxy) is 1. The first-order valence-corrected chi connectivity index (χ1v) is 9.65. The predicted molar refractivity (Wildman–Crippen MR) is 112 cm³/mol. The van der Waals surface area contributed by atoms with E-state index in [0.29, 0.717) is 21.3 Å². The quantitative estimate of drug-likeness (QED) is 0.421. The molecule has 30 heavy (non-hydrogen) atoms. The molecule has 2 aromatic carbocycles. The van der Waals surface area contributed by atoms with Crippen molar-refractivity contribution in [2.75, 3.05) is 11.9 Å². The molecule has 0 fully saturated rings. The van der Waals surface area contributed by atoms with Crippen LogP contribution in [0.1, 0.15) is 29.6 Å². The molecule has 2 rings (SSSR count). The molecule has 3 amide bonds. The van der Waals surface area contributed by atoms with E-state index in [4.69, 9.17) is 27.9 Å². The first-order valence-electron chi connectivity index (χ1n) is 8.90. The second-order valence-corrected chi connectivity index (χ2v) is 6.90. The zero-order valence-corrected chi connectivity index (χ0v) is 17.3. The number of hydrogen-bond donors (Lipinski definition) is 3. The molecule has 0 aromatic heterocycles. The van der Waals surface area contributed by atoms with Crippen molar-refractivity contribution in [1.82, 2.24) is 10.9 Å². The Balaban J connectivity index is 1.61.